The van der Waals surface area contributed by atoms with Crippen molar-refractivity contribution in [3.05, 3.63) is 48.3 Å². The van der Waals surface area contributed by atoms with Gasteiger partial charge in [-0.15, -0.1) is 0 Å². The zero-order valence-corrected chi connectivity index (χ0v) is 15.7. The first kappa shape index (κ1) is 17.8. The summed E-state index contributed by atoms with van der Waals surface area (Å²) in [6, 6.07) is 13.1. The summed E-state index contributed by atoms with van der Waals surface area (Å²) in [7, 11) is 2.23. The standard InChI is InChI=1S/C21H26N6/c1-27-10-3-2-7-17(27)13-23-12-15-5-4-6-16(11-15)18-8-9-19-20(26-18)21(22)25-14-24-19/h4-6,8-9,11,14,17,23H,2-3,7,10,12-13H2,1H3,(H2,22,24,25). The fourth-order valence-electron chi connectivity index (χ4n) is 3.75. The maximum absolute atomic E-state index is 5.95. The van der Waals surface area contributed by atoms with Crippen LogP contribution in [-0.2, 0) is 6.54 Å². The Kier molecular flexibility index (Phi) is 5.27. The Bertz CT molecular complexity index is 925. The molecule has 1 aromatic carbocycles. The van der Waals surface area contributed by atoms with E-state index in [1.165, 1.54) is 37.7 Å². The van der Waals surface area contributed by atoms with Crippen LogP contribution in [0.5, 0.6) is 0 Å². The third kappa shape index (κ3) is 4.07. The van der Waals surface area contributed by atoms with Gasteiger partial charge in [-0.2, -0.15) is 0 Å². The summed E-state index contributed by atoms with van der Waals surface area (Å²) in [5.41, 5.74) is 10.6. The lowest BCUT2D eigenvalue weighted by Gasteiger charge is -2.32. The maximum Gasteiger partial charge on any atom is 0.153 e. The van der Waals surface area contributed by atoms with Gasteiger partial charge in [0.2, 0.25) is 0 Å². The third-order valence-corrected chi connectivity index (χ3v) is 5.36. The first-order chi connectivity index (χ1) is 13.2. The molecule has 27 heavy (non-hydrogen) atoms. The van der Waals surface area contributed by atoms with E-state index in [9.17, 15) is 0 Å². The van der Waals surface area contributed by atoms with E-state index in [1.54, 1.807) is 0 Å². The molecule has 6 nitrogen and oxygen atoms in total. The molecule has 1 aliphatic rings. The Balaban J connectivity index is 1.47. The second-order valence-corrected chi connectivity index (χ2v) is 7.28. The lowest BCUT2D eigenvalue weighted by atomic mass is 10.0. The SMILES string of the molecule is CN1CCCCC1CNCc1cccc(-c2ccc3ncnc(N)c3n2)c1. The van der Waals surface area contributed by atoms with Crippen molar-refractivity contribution in [3.63, 3.8) is 0 Å². The van der Waals surface area contributed by atoms with Gasteiger partial charge in [0.05, 0.1) is 11.2 Å². The first-order valence-electron chi connectivity index (χ1n) is 9.58. The van der Waals surface area contributed by atoms with Gasteiger partial charge in [-0.3, -0.25) is 0 Å². The summed E-state index contributed by atoms with van der Waals surface area (Å²) < 4.78 is 0. The molecule has 0 saturated carbocycles. The van der Waals surface area contributed by atoms with E-state index < -0.39 is 0 Å². The van der Waals surface area contributed by atoms with Crippen molar-refractivity contribution in [3.8, 4) is 11.3 Å². The van der Waals surface area contributed by atoms with Crippen molar-refractivity contribution in [1.82, 2.24) is 25.2 Å². The van der Waals surface area contributed by atoms with Gasteiger partial charge in [-0.1, -0.05) is 24.6 Å². The zero-order chi connectivity index (χ0) is 18.6. The van der Waals surface area contributed by atoms with Crippen LogP contribution in [0.2, 0.25) is 0 Å². The van der Waals surface area contributed by atoms with Gasteiger partial charge in [-0.25, -0.2) is 15.0 Å². The van der Waals surface area contributed by atoms with Crippen molar-refractivity contribution in [2.45, 2.75) is 31.8 Å². The van der Waals surface area contributed by atoms with Crippen molar-refractivity contribution >= 4 is 16.9 Å². The Morgan fingerprint density at radius 2 is 2.11 bits per heavy atom. The highest BCUT2D eigenvalue weighted by Crippen LogP contribution is 2.23. The minimum absolute atomic E-state index is 0.413. The number of anilines is 1. The largest absolute Gasteiger partial charge is 0.382 e. The number of rotatable bonds is 5. The smallest absolute Gasteiger partial charge is 0.153 e. The number of piperidine rings is 1. The highest BCUT2D eigenvalue weighted by molar-refractivity contribution is 5.85. The van der Waals surface area contributed by atoms with Crippen LogP contribution in [0.1, 0.15) is 24.8 Å². The summed E-state index contributed by atoms with van der Waals surface area (Å²) in [5, 5.41) is 3.62. The molecule has 3 heterocycles. The average molecular weight is 362 g/mol. The Morgan fingerprint density at radius 3 is 3.00 bits per heavy atom. The van der Waals surface area contributed by atoms with Gasteiger partial charge in [0.25, 0.3) is 0 Å². The van der Waals surface area contributed by atoms with Crippen molar-refractivity contribution in [2.24, 2.45) is 0 Å². The van der Waals surface area contributed by atoms with Crippen LogP contribution in [-0.4, -0.2) is 46.0 Å². The molecule has 4 rings (SSSR count). The summed E-state index contributed by atoms with van der Waals surface area (Å²) in [5.74, 6) is 0.413. The van der Waals surface area contributed by atoms with E-state index in [1.807, 2.05) is 12.1 Å². The lowest BCUT2D eigenvalue weighted by Crippen LogP contribution is -2.42. The average Bonchev–Trinajstić information content (AvgIpc) is 2.70. The number of nitrogens with zero attached hydrogens (tertiary/aromatic N) is 4. The predicted molar refractivity (Wildman–Crippen MR) is 109 cm³/mol. The molecule has 0 radical (unpaired) electrons. The van der Waals surface area contributed by atoms with Gasteiger partial charge in [0.15, 0.2) is 5.82 Å². The molecule has 1 saturated heterocycles. The fourth-order valence-corrected chi connectivity index (χ4v) is 3.75. The van der Waals surface area contributed by atoms with Crippen LogP contribution in [0.3, 0.4) is 0 Å². The molecule has 1 aliphatic heterocycles. The second-order valence-electron chi connectivity index (χ2n) is 7.28. The Labute approximate surface area is 159 Å². The number of hydrogen-bond acceptors (Lipinski definition) is 6. The number of fused-ring (bicyclic) bond motifs is 1. The predicted octanol–water partition coefficient (Wildman–Crippen LogP) is 2.85. The van der Waals surface area contributed by atoms with E-state index in [-0.39, 0.29) is 0 Å². The molecule has 1 fully saturated rings. The first-order valence-corrected chi connectivity index (χ1v) is 9.58. The fraction of sp³-hybridized carbons (Fsp3) is 0.381. The highest BCUT2D eigenvalue weighted by Gasteiger charge is 2.17. The number of likely N-dealkylation sites (N-methyl/N-ethyl adjacent to an activating group) is 1. The van der Waals surface area contributed by atoms with Crippen LogP contribution in [0.4, 0.5) is 5.82 Å². The molecule has 0 bridgehead atoms. The Morgan fingerprint density at radius 1 is 1.19 bits per heavy atom. The molecule has 0 spiro atoms. The molecule has 1 unspecified atom stereocenters. The van der Waals surface area contributed by atoms with E-state index in [4.69, 9.17) is 5.73 Å². The molecule has 3 N–H and O–H groups in total. The number of benzene rings is 1. The Hall–Kier alpha value is -2.57. The molecule has 6 heteroatoms. The van der Waals surface area contributed by atoms with Crippen molar-refractivity contribution in [1.29, 1.82) is 0 Å². The molecule has 1 atom stereocenters. The van der Waals surface area contributed by atoms with Crippen LogP contribution in [0, 0.1) is 0 Å². The summed E-state index contributed by atoms with van der Waals surface area (Å²) in [6.45, 7) is 3.10. The van der Waals surface area contributed by atoms with Crippen molar-refractivity contribution in [2.75, 3.05) is 25.9 Å². The van der Waals surface area contributed by atoms with Gasteiger partial charge >= 0.3 is 0 Å². The van der Waals surface area contributed by atoms with E-state index in [2.05, 4.69) is 56.5 Å². The number of pyridine rings is 1. The van der Waals surface area contributed by atoms with E-state index >= 15 is 0 Å². The number of likely N-dealkylation sites (tertiary alicyclic amines) is 1. The van der Waals surface area contributed by atoms with Gasteiger partial charge < -0.3 is 16.0 Å². The molecule has 0 aliphatic carbocycles. The van der Waals surface area contributed by atoms with Gasteiger partial charge in [0, 0.05) is 24.7 Å². The topological polar surface area (TPSA) is 80.0 Å². The number of aromatic nitrogens is 3. The number of nitrogens with one attached hydrogen (secondary N) is 1. The van der Waals surface area contributed by atoms with E-state index in [0.717, 1.165) is 29.9 Å². The highest BCUT2D eigenvalue weighted by atomic mass is 15.2. The summed E-state index contributed by atoms with van der Waals surface area (Å²) in [4.78, 5) is 15.4. The summed E-state index contributed by atoms with van der Waals surface area (Å²) >= 11 is 0. The minimum Gasteiger partial charge on any atom is -0.382 e. The molecule has 140 valence electrons. The van der Waals surface area contributed by atoms with Crippen LogP contribution in [0.15, 0.2) is 42.7 Å². The molecular formula is C21H26N6. The molecular weight excluding hydrogens is 336 g/mol. The van der Waals surface area contributed by atoms with Crippen molar-refractivity contribution < 1.29 is 0 Å². The van der Waals surface area contributed by atoms with Gasteiger partial charge in [0.1, 0.15) is 11.8 Å². The number of nitrogens with two attached hydrogens (primary N) is 1. The van der Waals surface area contributed by atoms with Crippen LogP contribution >= 0.6 is 0 Å². The number of hydrogen-bond donors (Lipinski definition) is 2. The molecule has 0 amide bonds. The van der Waals surface area contributed by atoms with Crippen LogP contribution < -0.4 is 11.1 Å². The lowest BCUT2D eigenvalue weighted by molar-refractivity contribution is 0.181. The number of nitrogen functional groups attached to an aromatic ring is 1. The monoisotopic (exact) mass is 362 g/mol. The summed E-state index contributed by atoms with van der Waals surface area (Å²) in [6.07, 6.45) is 5.42. The molecule has 2 aromatic heterocycles. The third-order valence-electron chi connectivity index (χ3n) is 5.36. The van der Waals surface area contributed by atoms with E-state index in [0.29, 0.717) is 17.4 Å². The second kappa shape index (κ2) is 7.98. The zero-order valence-electron chi connectivity index (χ0n) is 15.7. The molecule has 3 aromatic rings. The van der Waals surface area contributed by atoms with Crippen LogP contribution in [0.25, 0.3) is 22.3 Å². The normalized spacial score (nSPS) is 18.0. The maximum atomic E-state index is 5.95. The minimum atomic E-state index is 0.413. The quantitative estimate of drug-likeness (QED) is 0.726. The van der Waals surface area contributed by atoms with Gasteiger partial charge in [-0.05, 0) is 50.2 Å².